The largest absolute Gasteiger partial charge is 0.374 e. The van der Waals surface area contributed by atoms with Crippen LogP contribution in [0.3, 0.4) is 0 Å². The van der Waals surface area contributed by atoms with E-state index in [9.17, 15) is 4.79 Å². The molecule has 0 radical (unpaired) electrons. The van der Waals surface area contributed by atoms with Crippen LogP contribution in [-0.4, -0.2) is 41.6 Å². The highest BCUT2D eigenvalue weighted by molar-refractivity contribution is 5.76. The van der Waals surface area contributed by atoms with Crippen molar-refractivity contribution < 1.29 is 9.53 Å². The minimum Gasteiger partial charge on any atom is -0.374 e. The van der Waals surface area contributed by atoms with E-state index in [4.69, 9.17) is 10.5 Å². The maximum atomic E-state index is 12.3. The van der Waals surface area contributed by atoms with Crippen molar-refractivity contribution in [3.63, 3.8) is 0 Å². The minimum absolute atomic E-state index is 0.256. The Morgan fingerprint density at radius 2 is 2.11 bits per heavy atom. The van der Waals surface area contributed by atoms with Gasteiger partial charge in [0.2, 0.25) is 5.91 Å². The highest BCUT2D eigenvalue weighted by atomic mass is 16.5. The van der Waals surface area contributed by atoms with Gasteiger partial charge in [0.05, 0.1) is 18.8 Å². The molecule has 4 heteroatoms. The lowest BCUT2D eigenvalue weighted by molar-refractivity contribution is -0.149. The molecule has 2 fully saturated rings. The van der Waals surface area contributed by atoms with Crippen LogP contribution in [0.5, 0.6) is 0 Å². The number of hydrogen-bond donors (Lipinski definition) is 1. The molecule has 0 aromatic heterocycles. The molecule has 2 rings (SSSR count). The van der Waals surface area contributed by atoms with Crippen molar-refractivity contribution in [1.29, 1.82) is 0 Å². The van der Waals surface area contributed by atoms with E-state index in [0.29, 0.717) is 19.1 Å². The molecule has 4 nitrogen and oxygen atoms in total. The Labute approximate surface area is 110 Å². The maximum Gasteiger partial charge on any atom is 0.223 e. The molecule has 1 heterocycles. The standard InChI is InChI=1S/C14H26N2O2/c1-14(2,15)8-7-13(17)16-9-10-18-12-6-4-3-5-11(12)16/h11-12H,3-10,15H2,1-2H3. The van der Waals surface area contributed by atoms with Crippen LogP contribution in [0.2, 0.25) is 0 Å². The Balaban J connectivity index is 1.91. The molecule has 2 aliphatic rings. The van der Waals surface area contributed by atoms with E-state index in [1.54, 1.807) is 0 Å². The molecule has 1 aliphatic carbocycles. The summed E-state index contributed by atoms with van der Waals surface area (Å²) >= 11 is 0. The Bertz CT molecular complexity index is 297. The number of rotatable bonds is 3. The van der Waals surface area contributed by atoms with Gasteiger partial charge in [0.1, 0.15) is 0 Å². The van der Waals surface area contributed by atoms with Crippen molar-refractivity contribution in [2.45, 2.75) is 70.1 Å². The number of morpholine rings is 1. The molecule has 1 amide bonds. The molecule has 2 N–H and O–H groups in total. The van der Waals surface area contributed by atoms with Crippen molar-refractivity contribution >= 4 is 5.91 Å². The maximum absolute atomic E-state index is 12.3. The second-order valence-electron chi connectivity index (χ2n) is 6.34. The lowest BCUT2D eigenvalue weighted by Crippen LogP contribution is -2.55. The van der Waals surface area contributed by atoms with Crippen LogP contribution in [0.15, 0.2) is 0 Å². The molecule has 104 valence electrons. The minimum atomic E-state index is -0.256. The van der Waals surface area contributed by atoms with Crippen LogP contribution in [0.4, 0.5) is 0 Å². The van der Waals surface area contributed by atoms with Crippen LogP contribution >= 0.6 is 0 Å². The smallest absolute Gasteiger partial charge is 0.223 e. The molecule has 0 spiro atoms. The third kappa shape index (κ3) is 3.45. The first-order chi connectivity index (χ1) is 8.47. The number of hydrogen-bond acceptors (Lipinski definition) is 3. The van der Waals surface area contributed by atoms with E-state index in [2.05, 4.69) is 4.90 Å². The Morgan fingerprint density at radius 3 is 2.83 bits per heavy atom. The van der Waals surface area contributed by atoms with Crippen molar-refractivity contribution in [3.05, 3.63) is 0 Å². The summed E-state index contributed by atoms with van der Waals surface area (Å²) in [5.41, 5.74) is 5.69. The van der Waals surface area contributed by atoms with E-state index in [1.165, 1.54) is 12.8 Å². The number of ether oxygens (including phenoxy) is 1. The Kier molecular flexibility index (Phi) is 4.28. The average Bonchev–Trinajstić information content (AvgIpc) is 2.34. The molecule has 0 bridgehead atoms. The zero-order valence-electron chi connectivity index (χ0n) is 11.7. The van der Waals surface area contributed by atoms with Crippen LogP contribution < -0.4 is 5.73 Å². The van der Waals surface area contributed by atoms with E-state index >= 15 is 0 Å². The molecule has 18 heavy (non-hydrogen) atoms. The van der Waals surface area contributed by atoms with Gasteiger partial charge in [0, 0.05) is 18.5 Å². The third-order valence-electron chi connectivity index (χ3n) is 4.04. The van der Waals surface area contributed by atoms with Gasteiger partial charge in [-0.3, -0.25) is 4.79 Å². The predicted octanol–water partition coefficient (Wildman–Crippen LogP) is 1.67. The Morgan fingerprint density at radius 1 is 1.39 bits per heavy atom. The summed E-state index contributed by atoms with van der Waals surface area (Å²) in [4.78, 5) is 14.4. The SMILES string of the molecule is CC(C)(N)CCC(=O)N1CCOC2CCCCC21. The first-order valence-corrected chi connectivity index (χ1v) is 7.17. The van der Waals surface area contributed by atoms with Gasteiger partial charge >= 0.3 is 0 Å². The van der Waals surface area contributed by atoms with Gasteiger partial charge in [-0.2, -0.15) is 0 Å². The normalized spacial score (nSPS) is 28.9. The monoisotopic (exact) mass is 254 g/mol. The summed E-state index contributed by atoms with van der Waals surface area (Å²) in [7, 11) is 0. The number of carbonyl (C=O) groups is 1. The van der Waals surface area contributed by atoms with Gasteiger partial charge in [-0.25, -0.2) is 0 Å². The molecule has 2 unspecified atom stereocenters. The van der Waals surface area contributed by atoms with Crippen LogP contribution in [0.25, 0.3) is 0 Å². The van der Waals surface area contributed by atoms with Gasteiger partial charge in [0.15, 0.2) is 0 Å². The Hall–Kier alpha value is -0.610. The summed E-state index contributed by atoms with van der Waals surface area (Å²) in [5.74, 6) is 0.258. The first kappa shape index (κ1) is 13.8. The fourth-order valence-corrected chi connectivity index (χ4v) is 2.98. The summed E-state index contributed by atoms with van der Waals surface area (Å²) in [5, 5.41) is 0. The third-order valence-corrected chi connectivity index (χ3v) is 4.04. The van der Waals surface area contributed by atoms with Crippen molar-refractivity contribution in [1.82, 2.24) is 4.90 Å². The van der Waals surface area contributed by atoms with Crippen molar-refractivity contribution in [3.8, 4) is 0 Å². The lowest BCUT2D eigenvalue weighted by Gasteiger charge is -2.44. The molecule has 1 saturated heterocycles. The number of fused-ring (bicyclic) bond motifs is 1. The first-order valence-electron chi connectivity index (χ1n) is 7.17. The van der Waals surface area contributed by atoms with Gasteiger partial charge in [-0.05, 0) is 33.1 Å². The van der Waals surface area contributed by atoms with Gasteiger partial charge in [-0.1, -0.05) is 12.8 Å². The average molecular weight is 254 g/mol. The fourth-order valence-electron chi connectivity index (χ4n) is 2.98. The molecule has 1 aliphatic heterocycles. The predicted molar refractivity (Wildman–Crippen MR) is 71.2 cm³/mol. The summed E-state index contributed by atoms with van der Waals surface area (Å²) < 4.78 is 5.79. The molecule has 1 saturated carbocycles. The number of nitrogens with two attached hydrogens (primary N) is 1. The summed E-state index contributed by atoms with van der Waals surface area (Å²) in [6, 6.07) is 0.320. The van der Waals surface area contributed by atoms with Gasteiger partial charge < -0.3 is 15.4 Å². The highest BCUT2D eigenvalue weighted by Gasteiger charge is 2.36. The lowest BCUT2D eigenvalue weighted by atomic mass is 9.89. The topological polar surface area (TPSA) is 55.6 Å². The van der Waals surface area contributed by atoms with Crippen LogP contribution in [0, 0.1) is 0 Å². The van der Waals surface area contributed by atoms with Crippen LogP contribution in [-0.2, 0) is 9.53 Å². The molecular weight excluding hydrogens is 228 g/mol. The highest BCUT2D eigenvalue weighted by Crippen LogP contribution is 2.29. The van der Waals surface area contributed by atoms with E-state index < -0.39 is 0 Å². The van der Waals surface area contributed by atoms with Crippen LogP contribution in [0.1, 0.15) is 52.4 Å². The van der Waals surface area contributed by atoms with E-state index in [1.807, 2.05) is 13.8 Å². The molecular formula is C14H26N2O2. The quantitative estimate of drug-likeness (QED) is 0.833. The zero-order chi connectivity index (χ0) is 13.2. The summed E-state index contributed by atoms with van der Waals surface area (Å²) in [6.45, 7) is 5.40. The molecule has 2 atom stereocenters. The number of carbonyl (C=O) groups excluding carboxylic acids is 1. The fraction of sp³-hybridized carbons (Fsp3) is 0.929. The second kappa shape index (κ2) is 5.57. The molecule has 0 aromatic rings. The number of amides is 1. The van der Waals surface area contributed by atoms with Gasteiger partial charge in [0.25, 0.3) is 0 Å². The van der Waals surface area contributed by atoms with Crippen molar-refractivity contribution in [2.24, 2.45) is 5.73 Å². The zero-order valence-corrected chi connectivity index (χ0v) is 11.7. The van der Waals surface area contributed by atoms with E-state index in [0.717, 1.165) is 25.8 Å². The second-order valence-corrected chi connectivity index (χ2v) is 6.34. The van der Waals surface area contributed by atoms with E-state index in [-0.39, 0.29) is 17.6 Å². The van der Waals surface area contributed by atoms with Gasteiger partial charge in [-0.15, -0.1) is 0 Å². The molecule has 0 aromatic carbocycles. The van der Waals surface area contributed by atoms with Crippen molar-refractivity contribution in [2.75, 3.05) is 13.2 Å². The summed E-state index contributed by atoms with van der Waals surface area (Å²) in [6.07, 6.45) is 6.25. The number of nitrogens with zero attached hydrogens (tertiary/aromatic N) is 1.